The lowest BCUT2D eigenvalue weighted by Gasteiger charge is -2.17. The molecule has 0 atom stereocenters. The van der Waals surface area contributed by atoms with Gasteiger partial charge in [0.15, 0.2) is 0 Å². The van der Waals surface area contributed by atoms with Crippen molar-refractivity contribution in [3.8, 4) is 0 Å². The van der Waals surface area contributed by atoms with Crippen molar-refractivity contribution in [2.24, 2.45) is 0 Å². The van der Waals surface area contributed by atoms with Gasteiger partial charge in [0.05, 0.1) is 12.2 Å². The summed E-state index contributed by atoms with van der Waals surface area (Å²) in [6.45, 7) is 3.11. The Bertz CT molecular complexity index is 618. The Hall–Kier alpha value is -2.14. The summed E-state index contributed by atoms with van der Waals surface area (Å²) < 4.78 is 0. The molecule has 6 heteroatoms. The van der Waals surface area contributed by atoms with Gasteiger partial charge in [-0.3, -0.25) is 9.78 Å². The predicted molar refractivity (Wildman–Crippen MR) is 83.4 cm³/mol. The van der Waals surface area contributed by atoms with Crippen LogP contribution in [0.15, 0.2) is 36.5 Å². The topological polar surface area (TPSA) is 58.1 Å². The Balaban J connectivity index is 2.15. The first-order valence-corrected chi connectivity index (χ1v) is 7.04. The quantitative estimate of drug-likeness (QED) is 0.863. The van der Waals surface area contributed by atoms with Crippen LogP contribution in [0, 0.1) is 0 Å². The van der Waals surface area contributed by atoms with E-state index in [-0.39, 0.29) is 5.91 Å². The molecule has 0 spiro atoms. The maximum atomic E-state index is 12.4. The number of anilines is 1. The van der Waals surface area contributed by atoms with Crippen LogP contribution in [0.4, 0.5) is 5.82 Å². The number of nitrogens with zero attached hydrogens (tertiary/aromatic N) is 3. The second kappa shape index (κ2) is 7.04. The Labute approximate surface area is 129 Å². The zero-order valence-electron chi connectivity index (χ0n) is 12.0. The molecule has 0 aromatic carbocycles. The van der Waals surface area contributed by atoms with E-state index >= 15 is 0 Å². The Kier molecular flexibility index (Phi) is 5.11. The number of nitrogens with one attached hydrogen (secondary N) is 1. The smallest absolute Gasteiger partial charge is 0.254 e. The average molecular weight is 305 g/mol. The molecule has 0 aliphatic carbocycles. The monoisotopic (exact) mass is 304 g/mol. The molecule has 2 aromatic rings. The van der Waals surface area contributed by atoms with Gasteiger partial charge in [0, 0.05) is 25.4 Å². The lowest BCUT2D eigenvalue weighted by atomic mass is 10.2. The standard InChI is InChI=1S/C15H17ClN4O/c1-3-17-14-9-11(8-13(16)19-14)15(21)20(2)10-12-6-4-5-7-18-12/h4-9H,3,10H2,1-2H3,(H,17,19). The van der Waals surface area contributed by atoms with Crippen molar-refractivity contribution in [1.29, 1.82) is 0 Å². The lowest BCUT2D eigenvalue weighted by molar-refractivity contribution is 0.0783. The molecule has 0 aliphatic heterocycles. The summed E-state index contributed by atoms with van der Waals surface area (Å²) in [6, 6.07) is 8.89. The van der Waals surface area contributed by atoms with Gasteiger partial charge in [-0.25, -0.2) is 4.98 Å². The van der Waals surface area contributed by atoms with Crippen LogP contribution in [0.2, 0.25) is 5.15 Å². The Morgan fingerprint density at radius 1 is 1.38 bits per heavy atom. The SMILES string of the molecule is CCNc1cc(C(=O)N(C)Cc2ccccn2)cc(Cl)n1. The highest BCUT2D eigenvalue weighted by molar-refractivity contribution is 6.29. The highest BCUT2D eigenvalue weighted by Gasteiger charge is 2.14. The molecule has 0 saturated heterocycles. The fraction of sp³-hybridized carbons (Fsp3) is 0.267. The third kappa shape index (κ3) is 4.16. The van der Waals surface area contributed by atoms with E-state index in [1.54, 1.807) is 30.3 Å². The molecule has 0 bridgehead atoms. The van der Waals surface area contributed by atoms with Crippen molar-refractivity contribution in [1.82, 2.24) is 14.9 Å². The van der Waals surface area contributed by atoms with Gasteiger partial charge in [-0.15, -0.1) is 0 Å². The summed E-state index contributed by atoms with van der Waals surface area (Å²) in [4.78, 5) is 22.4. The van der Waals surface area contributed by atoms with E-state index < -0.39 is 0 Å². The van der Waals surface area contributed by atoms with E-state index in [1.807, 2.05) is 25.1 Å². The number of pyridine rings is 2. The maximum absolute atomic E-state index is 12.4. The van der Waals surface area contributed by atoms with E-state index in [4.69, 9.17) is 11.6 Å². The molecule has 2 rings (SSSR count). The number of carbonyl (C=O) groups is 1. The third-order valence-corrected chi connectivity index (χ3v) is 3.06. The number of aromatic nitrogens is 2. The van der Waals surface area contributed by atoms with Crippen LogP contribution in [-0.2, 0) is 6.54 Å². The zero-order valence-corrected chi connectivity index (χ0v) is 12.8. The minimum Gasteiger partial charge on any atom is -0.370 e. The van der Waals surface area contributed by atoms with Gasteiger partial charge in [0.25, 0.3) is 5.91 Å². The first-order chi connectivity index (χ1) is 10.1. The van der Waals surface area contributed by atoms with Gasteiger partial charge in [0.2, 0.25) is 0 Å². The molecule has 0 aliphatic rings. The van der Waals surface area contributed by atoms with Crippen molar-refractivity contribution >= 4 is 23.3 Å². The summed E-state index contributed by atoms with van der Waals surface area (Å²) in [5.74, 6) is 0.476. The van der Waals surface area contributed by atoms with E-state index in [9.17, 15) is 4.79 Å². The van der Waals surface area contributed by atoms with Gasteiger partial charge in [0.1, 0.15) is 11.0 Å². The molecule has 21 heavy (non-hydrogen) atoms. The third-order valence-electron chi connectivity index (χ3n) is 2.87. The minimum absolute atomic E-state index is 0.121. The van der Waals surface area contributed by atoms with Crippen molar-refractivity contribution in [2.45, 2.75) is 13.5 Å². The number of hydrogen-bond acceptors (Lipinski definition) is 4. The fourth-order valence-corrected chi connectivity index (χ4v) is 2.13. The summed E-state index contributed by atoms with van der Waals surface area (Å²) in [5.41, 5.74) is 1.34. The van der Waals surface area contributed by atoms with E-state index in [0.29, 0.717) is 29.6 Å². The van der Waals surface area contributed by atoms with Gasteiger partial charge >= 0.3 is 0 Å². The predicted octanol–water partition coefficient (Wildman–Crippen LogP) is 2.83. The first-order valence-electron chi connectivity index (χ1n) is 6.67. The molecular weight excluding hydrogens is 288 g/mol. The largest absolute Gasteiger partial charge is 0.370 e. The van der Waals surface area contributed by atoms with Crippen LogP contribution < -0.4 is 5.32 Å². The van der Waals surface area contributed by atoms with E-state index in [2.05, 4.69) is 15.3 Å². The highest BCUT2D eigenvalue weighted by atomic mass is 35.5. The number of carbonyl (C=O) groups excluding carboxylic acids is 1. The summed E-state index contributed by atoms with van der Waals surface area (Å²) in [7, 11) is 1.73. The van der Waals surface area contributed by atoms with Crippen molar-refractivity contribution < 1.29 is 4.79 Å². The van der Waals surface area contributed by atoms with Crippen molar-refractivity contribution in [2.75, 3.05) is 18.9 Å². The van der Waals surface area contributed by atoms with Gasteiger partial charge in [-0.2, -0.15) is 0 Å². The number of halogens is 1. The van der Waals surface area contributed by atoms with Crippen LogP contribution in [0.25, 0.3) is 0 Å². The minimum atomic E-state index is -0.121. The molecule has 2 aromatic heterocycles. The van der Waals surface area contributed by atoms with Gasteiger partial charge in [-0.05, 0) is 31.2 Å². The van der Waals surface area contributed by atoms with Crippen molar-refractivity contribution in [3.63, 3.8) is 0 Å². The van der Waals surface area contributed by atoms with Gasteiger partial charge in [-0.1, -0.05) is 17.7 Å². The molecular formula is C15H17ClN4O. The normalized spacial score (nSPS) is 10.2. The molecule has 1 N–H and O–H groups in total. The summed E-state index contributed by atoms with van der Waals surface area (Å²) in [5, 5.41) is 3.35. The number of amides is 1. The molecule has 110 valence electrons. The molecule has 0 unspecified atom stereocenters. The molecule has 0 fully saturated rings. The summed E-state index contributed by atoms with van der Waals surface area (Å²) in [6.07, 6.45) is 1.71. The van der Waals surface area contributed by atoms with Crippen LogP contribution in [0.1, 0.15) is 23.0 Å². The Morgan fingerprint density at radius 3 is 2.86 bits per heavy atom. The molecule has 2 heterocycles. The zero-order chi connectivity index (χ0) is 15.2. The molecule has 0 saturated carbocycles. The average Bonchev–Trinajstić information content (AvgIpc) is 2.47. The van der Waals surface area contributed by atoms with E-state index in [1.165, 1.54) is 0 Å². The molecule has 1 amide bonds. The van der Waals surface area contributed by atoms with Crippen molar-refractivity contribution in [3.05, 3.63) is 52.9 Å². The Morgan fingerprint density at radius 2 is 2.19 bits per heavy atom. The summed E-state index contributed by atoms with van der Waals surface area (Å²) >= 11 is 5.96. The van der Waals surface area contributed by atoms with E-state index in [0.717, 1.165) is 5.69 Å². The lowest BCUT2D eigenvalue weighted by Crippen LogP contribution is -2.26. The van der Waals surface area contributed by atoms with Gasteiger partial charge < -0.3 is 10.2 Å². The van der Waals surface area contributed by atoms with Crippen LogP contribution in [0.3, 0.4) is 0 Å². The maximum Gasteiger partial charge on any atom is 0.254 e. The second-order valence-electron chi connectivity index (χ2n) is 4.58. The van der Waals surface area contributed by atoms with Crippen LogP contribution >= 0.6 is 11.6 Å². The molecule has 5 nitrogen and oxygen atoms in total. The first kappa shape index (κ1) is 15.3. The number of hydrogen-bond donors (Lipinski definition) is 1. The van der Waals surface area contributed by atoms with Crippen LogP contribution in [-0.4, -0.2) is 34.4 Å². The molecule has 0 radical (unpaired) electrons. The number of rotatable bonds is 5. The highest BCUT2D eigenvalue weighted by Crippen LogP contribution is 2.16. The fourth-order valence-electron chi connectivity index (χ4n) is 1.92. The van der Waals surface area contributed by atoms with Crippen LogP contribution in [0.5, 0.6) is 0 Å². The second-order valence-corrected chi connectivity index (χ2v) is 4.96.